The maximum absolute atomic E-state index is 6.30. The number of benzene rings is 8. The van der Waals surface area contributed by atoms with E-state index in [-0.39, 0.29) is 5.41 Å². The first kappa shape index (κ1) is 30.8. The van der Waals surface area contributed by atoms with Crippen LogP contribution < -0.4 is 0 Å². The van der Waals surface area contributed by atoms with Gasteiger partial charge in [0.1, 0.15) is 11.2 Å². The number of fused-ring (bicyclic) bond motifs is 8. The van der Waals surface area contributed by atoms with Crippen LogP contribution in [0.4, 0.5) is 0 Å². The van der Waals surface area contributed by atoms with Crippen molar-refractivity contribution in [1.29, 1.82) is 0 Å². The highest BCUT2D eigenvalue weighted by Gasteiger charge is 2.37. The summed E-state index contributed by atoms with van der Waals surface area (Å²) in [4.78, 5) is 10.6. The van der Waals surface area contributed by atoms with Gasteiger partial charge in [0.2, 0.25) is 0 Å². The normalized spacial score (nSPS) is 13.1. The van der Waals surface area contributed by atoms with Gasteiger partial charge in [-0.3, -0.25) is 0 Å². The Morgan fingerprint density at radius 2 is 1.06 bits per heavy atom. The molecule has 0 saturated heterocycles. The molecule has 0 radical (unpaired) electrons. The summed E-state index contributed by atoms with van der Waals surface area (Å²) in [5.74, 6) is 0.709. The fourth-order valence-corrected chi connectivity index (χ4v) is 8.79. The molecule has 2 aromatic heterocycles. The summed E-state index contributed by atoms with van der Waals surface area (Å²) in [7, 11) is 0. The number of aromatic nitrogens is 2. The van der Waals surface area contributed by atoms with E-state index in [1.807, 2.05) is 18.2 Å². The molecular weight excluding hydrogens is 657 g/mol. The van der Waals surface area contributed by atoms with Crippen LogP contribution in [0.25, 0.3) is 99.6 Å². The highest BCUT2D eigenvalue weighted by Crippen LogP contribution is 2.53. The molecule has 0 N–H and O–H groups in total. The van der Waals surface area contributed by atoms with E-state index in [0.717, 1.165) is 71.9 Å². The largest absolute Gasteiger partial charge is 0.456 e. The average molecular weight is 691 g/mol. The Labute approximate surface area is 313 Å². The van der Waals surface area contributed by atoms with E-state index in [1.54, 1.807) is 0 Å². The van der Waals surface area contributed by atoms with E-state index in [2.05, 4.69) is 166 Å². The van der Waals surface area contributed by atoms with Crippen molar-refractivity contribution < 1.29 is 4.42 Å². The number of nitrogens with zero attached hydrogens (tertiary/aromatic N) is 2. The highest BCUT2D eigenvalue weighted by atomic mass is 16.3. The quantitative estimate of drug-likeness (QED) is 0.184. The summed E-state index contributed by atoms with van der Waals surface area (Å²) in [6.07, 6.45) is 0. The van der Waals surface area contributed by atoms with E-state index in [4.69, 9.17) is 14.4 Å². The van der Waals surface area contributed by atoms with Gasteiger partial charge in [-0.2, -0.15) is 0 Å². The van der Waals surface area contributed by atoms with E-state index in [9.17, 15) is 0 Å². The Bertz CT molecular complexity index is 3130. The summed E-state index contributed by atoms with van der Waals surface area (Å²) < 4.78 is 6.30. The first-order valence-electron chi connectivity index (χ1n) is 18.6. The number of para-hydroxylation sites is 1. The van der Waals surface area contributed by atoms with Crippen LogP contribution in [0.3, 0.4) is 0 Å². The van der Waals surface area contributed by atoms with Crippen LogP contribution in [-0.4, -0.2) is 9.97 Å². The van der Waals surface area contributed by atoms with Gasteiger partial charge < -0.3 is 4.42 Å². The second kappa shape index (κ2) is 11.6. The zero-order valence-electron chi connectivity index (χ0n) is 30.0. The fourth-order valence-electron chi connectivity index (χ4n) is 8.79. The van der Waals surface area contributed by atoms with E-state index in [1.165, 1.54) is 33.0 Å². The average Bonchev–Trinajstić information content (AvgIpc) is 3.70. The summed E-state index contributed by atoms with van der Waals surface area (Å²) >= 11 is 0. The third-order valence-electron chi connectivity index (χ3n) is 11.5. The van der Waals surface area contributed by atoms with Crippen LogP contribution in [0.2, 0.25) is 0 Å². The zero-order valence-corrected chi connectivity index (χ0v) is 30.0. The lowest BCUT2D eigenvalue weighted by molar-refractivity contribution is 0.661. The maximum atomic E-state index is 6.30. The van der Waals surface area contributed by atoms with Gasteiger partial charge >= 0.3 is 0 Å². The molecule has 0 aliphatic heterocycles. The van der Waals surface area contributed by atoms with Crippen molar-refractivity contribution in [3.63, 3.8) is 0 Å². The lowest BCUT2D eigenvalue weighted by Crippen LogP contribution is -2.14. The van der Waals surface area contributed by atoms with Crippen LogP contribution in [0.15, 0.2) is 174 Å². The van der Waals surface area contributed by atoms with Crippen molar-refractivity contribution in [2.24, 2.45) is 0 Å². The van der Waals surface area contributed by atoms with Crippen molar-refractivity contribution in [3.8, 4) is 56.2 Å². The number of furan rings is 1. The van der Waals surface area contributed by atoms with Crippen molar-refractivity contribution in [2.45, 2.75) is 19.3 Å². The Morgan fingerprint density at radius 1 is 0.407 bits per heavy atom. The third kappa shape index (κ3) is 4.61. The monoisotopic (exact) mass is 690 g/mol. The molecule has 8 aromatic carbocycles. The lowest BCUT2D eigenvalue weighted by Gasteiger charge is -2.22. The zero-order chi connectivity index (χ0) is 36.0. The molecule has 0 fully saturated rings. The number of rotatable bonds is 4. The predicted octanol–water partition coefficient (Wildman–Crippen LogP) is 13.7. The molecule has 1 aliphatic carbocycles. The molecule has 3 heteroatoms. The Kier molecular flexibility index (Phi) is 6.60. The molecular formula is C51H34N2O. The molecule has 54 heavy (non-hydrogen) atoms. The molecule has 0 spiro atoms. The van der Waals surface area contributed by atoms with Crippen molar-refractivity contribution in [3.05, 3.63) is 181 Å². The van der Waals surface area contributed by atoms with Gasteiger partial charge in [-0.1, -0.05) is 147 Å². The minimum absolute atomic E-state index is 0.153. The van der Waals surface area contributed by atoms with Gasteiger partial charge in [0, 0.05) is 32.9 Å². The summed E-state index contributed by atoms with van der Waals surface area (Å²) in [5, 5.41) is 7.08. The predicted molar refractivity (Wildman–Crippen MR) is 224 cm³/mol. The second-order valence-corrected chi connectivity index (χ2v) is 14.9. The molecule has 3 nitrogen and oxygen atoms in total. The molecule has 1 aliphatic rings. The molecule has 0 atom stereocenters. The van der Waals surface area contributed by atoms with Crippen molar-refractivity contribution >= 4 is 43.5 Å². The topological polar surface area (TPSA) is 38.9 Å². The number of hydrogen-bond acceptors (Lipinski definition) is 3. The molecule has 11 rings (SSSR count). The number of hydrogen-bond donors (Lipinski definition) is 0. The smallest absolute Gasteiger partial charge is 0.160 e. The molecule has 0 unspecified atom stereocenters. The molecule has 10 aromatic rings. The summed E-state index contributed by atoms with van der Waals surface area (Å²) in [6.45, 7) is 4.69. The highest BCUT2D eigenvalue weighted by molar-refractivity contribution is 6.09. The van der Waals surface area contributed by atoms with E-state index >= 15 is 0 Å². The van der Waals surface area contributed by atoms with Gasteiger partial charge in [0.15, 0.2) is 5.82 Å². The van der Waals surface area contributed by atoms with Crippen LogP contribution in [-0.2, 0) is 5.41 Å². The second-order valence-electron chi connectivity index (χ2n) is 14.9. The van der Waals surface area contributed by atoms with Gasteiger partial charge in [0.05, 0.1) is 11.4 Å². The van der Waals surface area contributed by atoms with Crippen LogP contribution >= 0.6 is 0 Å². The SMILES string of the molecule is CC1(C)c2cc3ccccc3cc2-c2c(-c3cc(-c4ccc(-c5ccc6c(c5)oc5ccccc56)c5ccccc45)nc(-c4ccccc4)n3)cccc21. The molecule has 2 heterocycles. The molecule has 0 amide bonds. The first-order chi connectivity index (χ1) is 26.5. The van der Waals surface area contributed by atoms with Gasteiger partial charge in [0.25, 0.3) is 0 Å². The van der Waals surface area contributed by atoms with Crippen LogP contribution in [0.5, 0.6) is 0 Å². The van der Waals surface area contributed by atoms with Gasteiger partial charge in [-0.15, -0.1) is 0 Å². The maximum Gasteiger partial charge on any atom is 0.160 e. The standard InChI is InChI=1S/C51H34N2O/c1-51(2)43-21-12-20-41(49(43)42-27-32-15-6-7-16-33(32)28-44(42)51)46-30-45(52-50(53-46)31-13-4-3-5-14-31)38-26-25-35(36-17-8-9-18-37(36)38)34-23-24-40-39-19-10-11-22-47(39)54-48(40)29-34/h3-30H,1-2H3. The fraction of sp³-hybridized carbons (Fsp3) is 0.0588. The van der Waals surface area contributed by atoms with E-state index in [0.29, 0.717) is 5.82 Å². The van der Waals surface area contributed by atoms with Crippen molar-refractivity contribution in [2.75, 3.05) is 0 Å². The van der Waals surface area contributed by atoms with Gasteiger partial charge in [-0.25, -0.2) is 9.97 Å². The Morgan fingerprint density at radius 3 is 1.87 bits per heavy atom. The minimum Gasteiger partial charge on any atom is -0.456 e. The molecule has 254 valence electrons. The van der Waals surface area contributed by atoms with Gasteiger partial charge in [-0.05, 0) is 91.3 Å². The lowest BCUT2D eigenvalue weighted by atomic mass is 9.81. The van der Waals surface area contributed by atoms with E-state index < -0.39 is 0 Å². The first-order valence-corrected chi connectivity index (χ1v) is 18.6. The third-order valence-corrected chi connectivity index (χ3v) is 11.5. The molecule has 0 bridgehead atoms. The summed E-state index contributed by atoms with van der Waals surface area (Å²) in [5.41, 5.74) is 14.1. The van der Waals surface area contributed by atoms with Crippen LogP contribution in [0.1, 0.15) is 25.0 Å². The molecule has 0 saturated carbocycles. The summed E-state index contributed by atoms with van der Waals surface area (Å²) in [6, 6.07) is 60.6. The van der Waals surface area contributed by atoms with Crippen molar-refractivity contribution in [1.82, 2.24) is 9.97 Å². The minimum atomic E-state index is -0.153. The Hall–Kier alpha value is -6.84. The van der Waals surface area contributed by atoms with Crippen LogP contribution in [0, 0.1) is 0 Å². The Balaban J connectivity index is 1.12.